The van der Waals surface area contributed by atoms with Crippen LogP contribution in [0, 0.1) is 0 Å². The first-order chi connectivity index (χ1) is 8.61. The van der Waals surface area contributed by atoms with Gasteiger partial charge in [-0.1, -0.05) is 0 Å². The molecule has 0 aromatic carbocycles. The molecular weight excluding hydrogens is 234 g/mol. The molecule has 0 radical (unpaired) electrons. The van der Waals surface area contributed by atoms with Crippen molar-refractivity contribution in [2.75, 3.05) is 13.7 Å². The van der Waals surface area contributed by atoms with Crippen LogP contribution < -0.4 is 0 Å². The molecule has 5 nitrogen and oxygen atoms in total. The molecule has 0 spiro atoms. The molecule has 0 saturated carbocycles. The van der Waals surface area contributed by atoms with Crippen LogP contribution in [-0.4, -0.2) is 48.2 Å². The third kappa shape index (κ3) is 2.77. The molecule has 2 unspecified atom stereocenters. The number of carbonyl (C=O) groups is 3. The van der Waals surface area contributed by atoms with E-state index in [0.717, 1.165) is 19.4 Å². The summed E-state index contributed by atoms with van der Waals surface area (Å²) in [6.07, 6.45) is 3.22. The maximum absolute atomic E-state index is 11.8. The Hall–Kier alpha value is -1.23. The number of ketones is 2. The van der Waals surface area contributed by atoms with E-state index in [1.165, 1.54) is 7.11 Å². The summed E-state index contributed by atoms with van der Waals surface area (Å²) >= 11 is 0. The summed E-state index contributed by atoms with van der Waals surface area (Å²) in [6.45, 7) is 0.922. The zero-order chi connectivity index (χ0) is 13.1. The fraction of sp³-hybridized carbons (Fsp3) is 0.769. The minimum Gasteiger partial charge on any atom is -0.469 e. The molecule has 2 aliphatic heterocycles. The van der Waals surface area contributed by atoms with Crippen LogP contribution in [0.15, 0.2) is 0 Å². The average molecular weight is 253 g/mol. The molecule has 2 heterocycles. The molecule has 0 amide bonds. The minimum absolute atomic E-state index is 0.0470. The van der Waals surface area contributed by atoms with Crippen LogP contribution in [0.3, 0.4) is 0 Å². The number of fused-ring (bicyclic) bond motifs is 1. The van der Waals surface area contributed by atoms with E-state index in [-0.39, 0.29) is 42.5 Å². The molecule has 0 aromatic rings. The number of esters is 1. The molecule has 2 rings (SSSR count). The number of hydrogen-bond donors (Lipinski definition) is 0. The van der Waals surface area contributed by atoms with Gasteiger partial charge in [0.2, 0.25) is 0 Å². The third-order valence-electron chi connectivity index (χ3n) is 3.87. The Morgan fingerprint density at radius 2 is 2.17 bits per heavy atom. The van der Waals surface area contributed by atoms with Crippen molar-refractivity contribution in [3.63, 3.8) is 0 Å². The number of hydrogen-bond acceptors (Lipinski definition) is 5. The number of ether oxygens (including phenoxy) is 1. The van der Waals surface area contributed by atoms with Gasteiger partial charge in [0, 0.05) is 25.3 Å². The summed E-state index contributed by atoms with van der Waals surface area (Å²) in [7, 11) is 1.32. The van der Waals surface area contributed by atoms with Crippen molar-refractivity contribution < 1.29 is 19.1 Å². The Morgan fingerprint density at radius 3 is 2.89 bits per heavy atom. The van der Waals surface area contributed by atoms with E-state index in [2.05, 4.69) is 9.64 Å². The number of rotatable bonds is 5. The van der Waals surface area contributed by atoms with Gasteiger partial charge >= 0.3 is 5.97 Å². The highest BCUT2D eigenvalue weighted by atomic mass is 16.5. The smallest absolute Gasteiger partial charge is 0.305 e. The lowest BCUT2D eigenvalue weighted by Crippen LogP contribution is -2.33. The molecular formula is C13H19NO4. The minimum atomic E-state index is -0.357. The average Bonchev–Trinajstić information content (AvgIpc) is 2.92. The maximum atomic E-state index is 11.8. The fourth-order valence-electron chi connectivity index (χ4n) is 2.96. The van der Waals surface area contributed by atoms with Crippen LogP contribution in [0.1, 0.15) is 38.5 Å². The zero-order valence-electron chi connectivity index (χ0n) is 10.7. The molecule has 18 heavy (non-hydrogen) atoms. The van der Waals surface area contributed by atoms with Gasteiger partial charge in [-0.05, 0) is 19.4 Å². The Morgan fingerprint density at radius 1 is 1.39 bits per heavy atom. The first-order valence-corrected chi connectivity index (χ1v) is 6.49. The summed E-state index contributed by atoms with van der Waals surface area (Å²) in [5.41, 5.74) is 0. The molecule has 2 aliphatic rings. The van der Waals surface area contributed by atoms with E-state index in [4.69, 9.17) is 0 Å². The van der Waals surface area contributed by atoms with Crippen LogP contribution in [0.2, 0.25) is 0 Å². The van der Waals surface area contributed by atoms with Gasteiger partial charge in [-0.25, -0.2) is 0 Å². The molecule has 2 fully saturated rings. The van der Waals surface area contributed by atoms with Crippen LogP contribution in [-0.2, 0) is 19.1 Å². The third-order valence-corrected chi connectivity index (χ3v) is 3.87. The lowest BCUT2D eigenvalue weighted by molar-refractivity contribution is -0.142. The van der Waals surface area contributed by atoms with Gasteiger partial charge in [-0.2, -0.15) is 0 Å². The highest BCUT2D eigenvalue weighted by Gasteiger charge is 2.42. The van der Waals surface area contributed by atoms with Crippen LogP contribution >= 0.6 is 0 Å². The highest BCUT2D eigenvalue weighted by Crippen LogP contribution is 2.31. The van der Waals surface area contributed by atoms with E-state index in [9.17, 15) is 14.4 Å². The van der Waals surface area contributed by atoms with Crippen molar-refractivity contribution in [1.29, 1.82) is 0 Å². The Balaban J connectivity index is 1.81. The van der Waals surface area contributed by atoms with Crippen LogP contribution in [0.5, 0.6) is 0 Å². The largest absolute Gasteiger partial charge is 0.469 e. The molecule has 0 aromatic heterocycles. The van der Waals surface area contributed by atoms with E-state index >= 15 is 0 Å². The quantitative estimate of drug-likeness (QED) is 0.675. The SMILES string of the molecule is COC(=O)CCC(=O)CC1CC(=O)C2CCCN12. The van der Waals surface area contributed by atoms with Gasteiger partial charge in [0.25, 0.3) is 0 Å². The second-order valence-electron chi connectivity index (χ2n) is 5.04. The topological polar surface area (TPSA) is 63.7 Å². The second-order valence-corrected chi connectivity index (χ2v) is 5.04. The number of Topliss-reactive ketones (excluding diaryl/α,β-unsaturated/α-hetero) is 2. The highest BCUT2D eigenvalue weighted by molar-refractivity contribution is 5.89. The van der Waals surface area contributed by atoms with E-state index in [1.54, 1.807) is 0 Å². The first-order valence-electron chi connectivity index (χ1n) is 6.49. The number of nitrogens with zero attached hydrogens (tertiary/aromatic N) is 1. The molecule has 5 heteroatoms. The number of methoxy groups -OCH3 is 1. The summed E-state index contributed by atoms with van der Waals surface area (Å²) in [5.74, 6) is -0.0334. The van der Waals surface area contributed by atoms with Gasteiger partial charge in [0.15, 0.2) is 5.78 Å². The van der Waals surface area contributed by atoms with Gasteiger partial charge in [-0.3, -0.25) is 19.3 Å². The van der Waals surface area contributed by atoms with Crippen molar-refractivity contribution in [2.24, 2.45) is 0 Å². The maximum Gasteiger partial charge on any atom is 0.305 e. The molecule has 0 bridgehead atoms. The van der Waals surface area contributed by atoms with Crippen molar-refractivity contribution in [3.8, 4) is 0 Å². The van der Waals surface area contributed by atoms with Gasteiger partial charge in [-0.15, -0.1) is 0 Å². The van der Waals surface area contributed by atoms with Crippen molar-refractivity contribution in [3.05, 3.63) is 0 Å². The fourth-order valence-corrected chi connectivity index (χ4v) is 2.96. The van der Waals surface area contributed by atoms with E-state index < -0.39 is 0 Å². The Kier molecular flexibility index (Phi) is 4.11. The zero-order valence-corrected chi connectivity index (χ0v) is 10.7. The van der Waals surface area contributed by atoms with Crippen LogP contribution in [0.4, 0.5) is 0 Å². The van der Waals surface area contributed by atoms with Gasteiger partial charge in [0.05, 0.1) is 19.6 Å². The lowest BCUT2D eigenvalue weighted by Gasteiger charge is -2.21. The predicted octanol–water partition coefficient (Wildman–Crippen LogP) is 0.705. The Bertz CT molecular complexity index is 366. The van der Waals surface area contributed by atoms with Crippen molar-refractivity contribution >= 4 is 17.5 Å². The Labute approximate surface area is 106 Å². The number of carbonyl (C=O) groups excluding carboxylic acids is 3. The van der Waals surface area contributed by atoms with Crippen molar-refractivity contribution in [2.45, 2.75) is 50.6 Å². The molecule has 2 saturated heterocycles. The van der Waals surface area contributed by atoms with Crippen molar-refractivity contribution in [1.82, 2.24) is 4.90 Å². The van der Waals surface area contributed by atoms with E-state index in [0.29, 0.717) is 12.8 Å². The van der Waals surface area contributed by atoms with Crippen LogP contribution in [0.25, 0.3) is 0 Å². The summed E-state index contributed by atoms with van der Waals surface area (Å²) in [4.78, 5) is 36.6. The second kappa shape index (κ2) is 5.61. The summed E-state index contributed by atoms with van der Waals surface area (Å²) in [6, 6.07) is 0.124. The van der Waals surface area contributed by atoms with Gasteiger partial charge in [0.1, 0.15) is 5.78 Å². The normalized spacial score (nSPS) is 27.3. The summed E-state index contributed by atoms with van der Waals surface area (Å²) < 4.78 is 4.50. The van der Waals surface area contributed by atoms with E-state index in [1.807, 2.05) is 0 Å². The van der Waals surface area contributed by atoms with Gasteiger partial charge < -0.3 is 4.74 Å². The first kappa shape index (κ1) is 13.2. The molecule has 100 valence electrons. The molecule has 0 N–H and O–H groups in total. The molecule has 2 atom stereocenters. The summed E-state index contributed by atoms with van der Waals surface area (Å²) in [5, 5.41) is 0. The molecule has 0 aliphatic carbocycles. The monoisotopic (exact) mass is 253 g/mol. The lowest BCUT2D eigenvalue weighted by atomic mass is 10.0. The standard InChI is InChI=1S/C13H19NO4/c1-18-13(17)5-4-10(15)7-9-8-12(16)11-3-2-6-14(9)11/h9,11H,2-8H2,1H3. The predicted molar refractivity (Wildman–Crippen MR) is 64.0 cm³/mol.